The van der Waals surface area contributed by atoms with Gasteiger partial charge in [0, 0.05) is 6.04 Å². The minimum Gasteiger partial charge on any atom is -0.481 e. The van der Waals surface area contributed by atoms with E-state index >= 15 is 0 Å². The lowest BCUT2D eigenvalue weighted by molar-refractivity contribution is -0.148. The Morgan fingerprint density at radius 3 is 2.70 bits per heavy atom. The Balaban J connectivity index is 2.75. The smallest absolute Gasteiger partial charge is 0.313 e. The predicted octanol–water partition coefficient (Wildman–Crippen LogP) is -0.565. The van der Waals surface area contributed by atoms with E-state index in [-0.39, 0.29) is 12.6 Å². The number of hydrogen-bond acceptors (Lipinski definition) is 3. The third kappa shape index (κ3) is 0.892. The van der Waals surface area contributed by atoms with Crippen molar-refractivity contribution >= 4 is 5.97 Å². The first-order valence-electron chi connectivity index (χ1n) is 3.14. The molecule has 2 atom stereocenters. The number of nitrogens with two attached hydrogens (primary N) is 1. The average Bonchev–Trinajstić information content (AvgIpc) is 2.15. The Labute approximate surface area is 59.0 Å². The quantitative estimate of drug-likeness (QED) is 0.518. The summed E-state index contributed by atoms with van der Waals surface area (Å²) in [5, 5.41) is 8.68. The number of carboxylic acids is 1. The van der Waals surface area contributed by atoms with Crippen molar-refractivity contribution in [3.63, 3.8) is 0 Å². The summed E-state index contributed by atoms with van der Waals surface area (Å²) in [4.78, 5) is 10.6. The summed E-state index contributed by atoms with van der Waals surface area (Å²) < 4.78 is 4.93. The zero-order valence-corrected chi connectivity index (χ0v) is 5.83. The Morgan fingerprint density at radius 2 is 2.50 bits per heavy atom. The van der Waals surface area contributed by atoms with E-state index in [4.69, 9.17) is 15.6 Å². The van der Waals surface area contributed by atoms with Gasteiger partial charge < -0.3 is 15.6 Å². The van der Waals surface area contributed by atoms with E-state index in [1.165, 1.54) is 0 Å². The van der Waals surface area contributed by atoms with E-state index in [1.54, 1.807) is 6.92 Å². The third-order valence-corrected chi connectivity index (χ3v) is 2.01. The molecule has 2 unspecified atom stereocenters. The van der Waals surface area contributed by atoms with Crippen LogP contribution in [0.25, 0.3) is 0 Å². The van der Waals surface area contributed by atoms with Gasteiger partial charge in [0.2, 0.25) is 0 Å². The van der Waals surface area contributed by atoms with Gasteiger partial charge in [0.25, 0.3) is 0 Å². The van der Waals surface area contributed by atoms with E-state index < -0.39 is 11.4 Å². The predicted molar refractivity (Wildman–Crippen MR) is 34.5 cm³/mol. The van der Waals surface area contributed by atoms with Gasteiger partial charge in [-0.3, -0.25) is 4.79 Å². The van der Waals surface area contributed by atoms with Crippen LogP contribution in [0.2, 0.25) is 0 Å². The summed E-state index contributed by atoms with van der Waals surface area (Å²) >= 11 is 0. The van der Waals surface area contributed by atoms with E-state index in [2.05, 4.69) is 0 Å². The monoisotopic (exact) mass is 145 g/mol. The summed E-state index contributed by atoms with van der Waals surface area (Å²) in [7, 11) is 0. The van der Waals surface area contributed by atoms with Crippen molar-refractivity contribution in [3.8, 4) is 0 Å². The van der Waals surface area contributed by atoms with Gasteiger partial charge in [-0.25, -0.2) is 0 Å². The zero-order chi connectivity index (χ0) is 7.78. The van der Waals surface area contributed by atoms with Crippen molar-refractivity contribution < 1.29 is 14.6 Å². The molecule has 0 amide bonds. The highest BCUT2D eigenvalue weighted by Gasteiger charge is 2.44. The fourth-order valence-electron chi connectivity index (χ4n) is 0.909. The van der Waals surface area contributed by atoms with Gasteiger partial charge in [0.05, 0.1) is 13.2 Å². The summed E-state index contributed by atoms with van der Waals surface area (Å²) in [6, 6.07) is -0.370. The van der Waals surface area contributed by atoms with Crippen LogP contribution >= 0.6 is 0 Å². The van der Waals surface area contributed by atoms with Crippen LogP contribution in [0.5, 0.6) is 0 Å². The van der Waals surface area contributed by atoms with Crippen molar-refractivity contribution in [2.75, 3.05) is 13.2 Å². The van der Waals surface area contributed by atoms with Crippen LogP contribution in [-0.2, 0) is 9.53 Å². The number of hydrogen-bond donors (Lipinski definition) is 2. The molecule has 0 radical (unpaired) electrons. The van der Waals surface area contributed by atoms with E-state index in [1.807, 2.05) is 0 Å². The highest BCUT2D eigenvalue weighted by molar-refractivity contribution is 5.75. The minimum absolute atomic E-state index is 0.226. The fraction of sp³-hybridized carbons (Fsp3) is 0.833. The molecular weight excluding hydrogens is 134 g/mol. The zero-order valence-electron chi connectivity index (χ0n) is 5.83. The molecule has 4 heteroatoms. The molecule has 1 heterocycles. The van der Waals surface area contributed by atoms with Gasteiger partial charge in [-0.05, 0) is 6.92 Å². The van der Waals surface area contributed by atoms with Gasteiger partial charge in [0.15, 0.2) is 0 Å². The Morgan fingerprint density at radius 1 is 1.90 bits per heavy atom. The first kappa shape index (κ1) is 7.50. The molecule has 0 aliphatic carbocycles. The van der Waals surface area contributed by atoms with Gasteiger partial charge >= 0.3 is 5.97 Å². The number of carboxylic acid groups (broad SMARTS) is 1. The molecule has 1 rings (SSSR count). The highest BCUT2D eigenvalue weighted by Crippen LogP contribution is 2.26. The fourth-order valence-corrected chi connectivity index (χ4v) is 0.909. The second-order valence-electron chi connectivity index (χ2n) is 2.84. The maximum absolute atomic E-state index is 10.6. The second-order valence-corrected chi connectivity index (χ2v) is 2.84. The molecule has 10 heavy (non-hydrogen) atoms. The largest absolute Gasteiger partial charge is 0.481 e. The van der Waals surface area contributed by atoms with E-state index in [9.17, 15) is 4.79 Å². The molecule has 0 spiro atoms. The molecule has 1 aliphatic heterocycles. The SMILES string of the molecule is CC1(C(=O)O)COCC1N. The molecule has 1 fully saturated rings. The van der Waals surface area contributed by atoms with Crippen LogP contribution in [0.15, 0.2) is 0 Å². The molecular formula is C6H11NO3. The van der Waals surface area contributed by atoms with Crippen molar-refractivity contribution in [2.45, 2.75) is 13.0 Å². The van der Waals surface area contributed by atoms with E-state index in [0.717, 1.165) is 0 Å². The maximum Gasteiger partial charge on any atom is 0.313 e. The van der Waals surface area contributed by atoms with Gasteiger partial charge in [-0.1, -0.05) is 0 Å². The summed E-state index contributed by atoms with van der Waals surface area (Å²) in [6.07, 6.45) is 0. The summed E-state index contributed by atoms with van der Waals surface area (Å²) in [5.74, 6) is -0.877. The Kier molecular flexibility index (Phi) is 1.66. The van der Waals surface area contributed by atoms with Crippen LogP contribution in [0.1, 0.15) is 6.92 Å². The molecule has 4 nitrogen and oxygen atoms in total. The van der Waals surface area contributed by atoms with E-state index in [0.29, 0.717) is 6.61 Å². The summed E-state index contributed by atoms with van der Waals surface area (Å²) in [6.45, 7) is 2.18. The molecule has 3 N–H and O–H groups in total. The average molecular weight is 145 g/mol. The van der Waals surface area contributed by atoms with Crippen molar-refractivity contribution in [1.82, 2.24) is 0 Å². The Hall–Kier alpha value is -0.610. The Bertz CT molecular complexity index is 159. The molecule has 1 aliphatic rings. The highest BCUT2D eigenvalue weighted by atomic mass is 16.5. The number of carbonyl (C=O) groups is 1. The topological polar surface area (TPSA) is 72.5 Å². The van der Waals surface area contributed by atoms with Crippen LogP contribution in [-0.4, -0.2) is 30.3 Å². The second kappa shape index (κ2) is 2.21. The number of rotatable bonds is 1. The van der Waals surface area contributed by atoms with Gasteiger partial charge in [0.1, 0.15) is 5.41 Å². The molecule has 58 valence electrons. The standard InChI is InChI=1S/C6H11NO3/c1-6(5(8)9)3-10-2-4(6)7/h4H,2-3,7H2,1H3,(H,8,9). The number of aliphatic carboxylic acids is 1. The maximum atomic E-state index is 10.6. The normalized spacial score (nSPS) is 40.0. The molecule has 0 aromatic carbocycles. The molecule has 0 saturated carbocycles. The van der Waals surface area contributed by atoms with Crippen LogP contribution < -0.4 is 5.73 Å². The lowest BCUT2D eigenvalue weighted by Crippen LogP contribution is -2.44. The first-order chi connectivity index (χ1) is 4.57. The first-order valence-corrected chi connectivity index (χ1v) is 3.14. The molecule has 0 bridgehead atoms. The summed E-state index contributed by atoms with van der Waals surface area (Å²) in [5.41, 5.74) is 4.63. The third-order valence-electron chi connectivity index (χ3n) is 2.01. The van der Waals surface area contributed by atoms with Crippen molar-refractivity contribution in [3.05, 3.63) is 0 Å². The molecule has 1 saturated heterocycles. The van der Waals surface area contributed by atoms with Gasteiger partial charge in [-0.15, -0.1) is 0 Å². The lowest BCUT2D eigenvalue weighted by Gasteiger charge is -2.20. The van der Waals surface area contributed by atoms with Gasteiger partial charge in [-0.2, -0.15) is 0 Å². The molecule has 0 aromatic heterocycles. The van der Waals surface area contributed by atoms with Crippen LogP contribution in [0.4, 0.5) is 0 Å². The lowest BCUT2D eigenvalue weighted by atomic mass is 9.86. The van der Waals surface area contributed by atoms with Crippen molar-refractivity contribution in [1.29, 1.82) is 0 Å². The van der Waals surface area contributed by atoms with Crippen LogP contribution in [0.3, 0.4) is 0 Å². The van der Waals surface area contributed by atoms with Crippen LogP contribution in [0, 0.1) is 5.41 Å². The number of ether oxygens (including phenoxy) is 1. The molecule has 0 aromatic rings. The minimum atomic E-state index is -0.877. The van der Waals surface area contributed by atoms with Crippen molar-refractivity contribution in [2.24, 2.45) is 11.1 Å².